The summed E-state index contributed by atoms with van der Waals surface area (Å²) in [7, 11) is 1.54. The third-order valence-corrected chi connectivity index (χ3v) is 4.20. The van der Waals surface area contributed by atoms with Gasteiger partial charge in [0.15, 0.2) is 0 Å². The van der Waals surface area contributed by atoms with Gasteiger partial charge in [-0.15, -0.1) is 12.4 Å². The molecule has 0 heterocycles. The summed E-state index contributed by atoms with van der Waals surface area (Å²) in [4.78, 5) is 23.5. The van der Waals surface area contributed by atoms with Crippen molar-refractivity contribution in [1.29, 1.82) is 0 Å². The SMILES string of the molecule is CNC(=O)c1ccc(NC(=O)C[C@@H]2CCC[C@H]2N)cc1Cl.Cl. The maximum Gasteiger partial charge on any atom is 0.252 e. The zero-order valence-electron chi connectivity index (χ0n) is 12.4. The molecule has 1 fully saturated rings. The van der Waals surface area contributed by atoms with Crippen LogP contribution in [0.4, 0.5) is 5.69 Å². The van der Waals surface area contributed by atoms with E-state index in [9.17, 15) is 9.59 Å². The average molecular weight is 346 g/mol. The molecular weight excluding hydrogens is 325 g/mol. The molecule has 1 aromatic rings. The molecule has 2 amide bonds. The van der Waals surface area contributed by atoms with Crippen LogP contribution in [0.3, 0.4) is 0 Å². The highest BCUT2D eigenvalue weighted by molar-refractivity contribution is 6.34. The van der Waals surface area contributed by atoms with Crippen molar-refractivity contribution < 1.29 is 9.59 Å². The van der Waals surface area contributed by atoms with Crippen LogP contribution in [0.15, 0.2) is 18.2 Å². The van der Waals surface area contributed by atoms with Gasteiger partial charge in [0, 0.05) is 25.2 Å². The number of benzene rings is 1. The standard InChI is InChI=1S/C15H20ClN3O2.ClH/c1-18-15(21)11-6-5-10(8-12(11)16)19-14(20)7-9-3-2-4-13(9)17;/h5-6,8-9,13H,2-4,7,17H2,1H3,(H,18,21)(H,19,20);1H/t9-,13+;/m0./s1. The van der Waals surface area contributed by atoms with Crippen LogP contribution in [0, 0.1) is 5.92 Å². The first-order valence-electron chi connectivity index (χ1n) is 7.08. The summed E-state index contributed by atoms with van der Waals surface area (Å²) in [5.74, 6) is -0.0680. The Labute approximate surface area is 141 Å². The van der Waals surface area contributed by atoms with E-state index in [1.54, 1.807) is 25.2 Å². The number of hydrogen-bond acceptors (Lipinski definition) is 3. The van der Waals surface area contributed by atoms with Gasteiger partial charge in [-0.3, -0.25) is 9.59 Å². The number of carbonyl (C=O) groups excluding carboxylic acids is 2. The van der Waals surface area contributed by atoms with Crippen molar-refractivity contribution in [2.45, 2.75) is 31.7 Å². The molecule has 0 unspecified atom stereocenters. The Morgan fingerprint density at radius 3 is 2.64 bits per heavy atom. The van der Waals surface area contributed by atoms with Crippen molar-refractivity contribution in [3.05, 3.63) is 28.8 Å². The number of amides is 2. The average Bonchev–Trinajstić information content (AvgIpc) is 2.83. The van der Waals surface area contributed by atoms with Crippen molar-refractivity contribution >= 4 is 41.5 Å². The molecule has 1 aliphatic carbocycles. The smallest absolute Gasteiger partial charge is 0.252 e. The van der Waals surface area contributed by atoms with Crippen molar-refractivity contribution in [3.63, 3.8) is 0 Å². The summed E-state index contributed by atoms with van der Waals surface area (Å²) >= 11 is 6.05. The molecule has 0 radical (unpaired) electrons. The monoisotopic (exact) mass is 345 g/mol. The first kappa shape index (κ1) is 18.7. The van der Waals surface area contributed by atoms with Gasteiger partial charge in [0.2, 0.25) is 5.91 Å². The van der Waals surface area contributed by atoms with Crippen LogP contribution in [0.5, 0.6) is 0 Å². The van der Waals surface area contributed by atoms with Crippen molar-refractivity contribution in [1.82, 2.24) is 5.32 Å². The molecule has 2 rings (SSSR count). The highest BCUT2D eigenvalue weighted by atomic mass is 35.5. The normalized spacial score (nSPS) is 20.1. The van der Waals surface area contributed by atoms with E-state index in [1.165, 1.54) is 0 Å². The molecule has 7 heteroatoms. The minimum atomic E-state index is -0.255. The molecule has 4 N–H and O–H groups in total. The quantitative estimate of drug-likeness (QED) is 0.783. The van der Waals surface area contributed by atoms with Gasteiger partial charge in [-0.25, -0.2) is 0 Å². The van der Waals surface area contributed by atoms with E-state index in [2.05, 4.69) is 10.6 Å². The third-order valence-electron chi connectivity index (χ3n) is 3.89. The van der Waals surface area contributed by atoms with Gasteiger partial charge >= 0.3 is 0 Å². The van der Waals surface area contributed by atoms with Crippen molar-refractivity contribution in [3.8, 4) is 0 Å². The van der Waals surface area contributed by atoms with E-state index >= 15 is 0 Å². The fraction of sp³-hybridized carbons (Fsp3) is 0.467. The van der Waals surface area contributed by atoms with E-state index in [4.69, 9.17) is 17.3 Å². The Morgan fingerprint density at radius 2 is 2.09 bits per heavy atom. The Kier molecular flexibility index (Phi) is 7.13. The Hall–Kier alpha value is -1.30. The Balaban J connectivity index is 0.00000242. The molecule has 1 aromatic carbocycles. The maximum absolute atomic E-state index is 12.0. The highest BCUT2D eigenvalue weighted by Gasteiger charge is 2.26. The van der Waals surface area contributed by atoms with E-state index in [0.29, 0.717) is 22.7 Å². The fourth-order valence-electron chi connectivity index (χ4n) is 2.68. The van der Waals surface area contributed by atoms with Crippen molar-refractivity contribution in [2.24, 2.45) is 11.7 Å². The third kappa shape index (κ3) is 4.60. The molecule has 0 aliphatic heterocycles. The first-order valence-corrected chi connectivity index (χ1v) is 7.46. The zero-order valence-corrected chi connectivity index (χ0v) is 14.0. The fourth-order valence-corrected chi connectivity index (χ4v) is 2.95. The summed E-state index contributed by atoms with van der Waals surface area (Å²) in [5, 5.41) is 5.62. The van der Waals surface area contributed by atoms with Gasteiger partial charge in [0.25, 0.3) is 5.91 Å². The summed E-state index contributed by atoms with van der Waals surface area (Å²) < 4.78 is 0. The minimum absolute atomic E-state index is 0. The number of carbonyl (C=O) groups is 2. The number of rotatable bonds is 4. The lowest BCUT2D eigenvalue weighted by atomic mass is 10.00. The molecule has 0 bridgehead atoms. The van der Waals surface area contributed by atoms with Crippen LogP contribution in [-0.4, -0.2) is 24.9 Å². The molecule has 1 saturated carbocycles. The van der Waals surface area contributed by atoms with Gasteiger partial charge in [0.1, 0.15) is 0 Å². The van der Waals surface area contributed by atoms with Gasteiger partial charge in [-0.2, -0.15) is 0 Å². The lowest BCUT2D eigenvalue weighted by molar-refractivity contribution is -0.117. The summed E-state index contributed by atoms with van der Waals surface area (Å²) in [6.45, 7) is 0. The number of nitrogens with two attached hydrogens (primary N) is 1. The van der Waals surface area contributed by atoms with Gasteiger partial charge in [-0.05, 0) is 37.0 Å². The highest BCUT2D eigenvalue weighted by Crippen LogP contribution is 2.27. The molecule has 0 aromatic heterocycles. The van der Waals surface area contributed by atoms with Gasteiger partial charge in [-0.1, -0.05) is 18.0 Å². The number of halogens is 2. The van der Waals surface area contributed by atoms with Gasteiger partial charge < -0.3 is 16.4 Å². The molecule has 122 valence electrons. The van der Waals surface area contributed by atoms with Crippen molar-refractivity contribution in [2.75, 3.05) is 12.4 Å². The van der Waals surface area contributed by atoms with Crippen LogP contribution < -0.4 is 16.4 Å². The second kappa shape index (κ2) is 8.36. The Morgan fingerprint density at radius 1 is 1.36 bits per heavy atom. The second-order valence-electron chi connectivity index (χ2n) is 5.38. The molecule has 5 nitrogen and oxygen atoms in total. The Bertz CT molecular complexity index is 552. The van der Waals surface area contributed by atoms with E-state index in [0.717, 1.165) is 19.3 Å². The number of nitrogens with one attached hydrogen (secondary N) is 2. The summed E-state index contributed by atoms with van der Waals surface area (Å²) in [5.41, 5.74) is 6.94. The van der Waals surface area contributed by atoms with Crippen LogP contribution >= 0.6 is 24.0 Å². The summed E-state index contributed by atoms with van der Waals surface area (Å²) in [6.07, 6.45) is 3.51. The van der Waals surface area contributed by atoms with Gasteiger partial charge in [0.05, 0.1) is 10.6 Å². The number of hydrogen-bond donors (Lipinski definition) is 3. The molecule has 0 saturated heterocycles. The topological polar surface area (TPSA) is 84.2 Å². The summed E-state index contributed by atoms with van der Waals surface area (Å²) in [6, 6.07) is 4.97. The zero-order chi connectivity index (χ0) is 15.4. The van der Waals surface area contributed by atoms with Crippen LogP contribution in [-0.2, 0) is 4.79 Å². The van der Waals surface area contributed by atoms with E-state index < -0.39 is 0 Å². The molecule has 2 atom stereocenters. The largest absolute Gasteiger partial charge is 0.355 e. The lowest BCUT2D eigenvalue weighted by Gasteiger charge is -2.15. The maximum atomic E-state index is 12.0. The van der Waals surface area contributed by atoms with Crippen LogP contribution in [0.1, 0.15) is 36.0 Å². The molecule has 0 spiro atoms. The predicted octanol–water partition coefficient (Wildman–Crippen LogP) is 2.58. The first-order chi connectivity index (χ1) is 10.0. The van der Waals surface area contributed by atoms with Crippen LogP contribution in [0.25, 0.3) is 0 Å². The lowest BCUT2D eigenvalue weighted by Crippen LogP contribution is -2.28. The van der Waals surface area contributed by atoms with E-state index in [-0.39, 0.29) is 36.2 Å². The molecule has 22 heavy (non-hydrogen) atoms. The molecule has 1 aliphatic rings. The second-order valence-corrected chi connectivity index (χ2v) is 5.79. The predicted molar refractivity (Wildman–Crippen MR) is 90.7 cm³/mol. The minimum Gasteiger partial charge on any atom is -0.355 e. The van der Waals surface area contributed by atoms with Crippen LogP contribution in [0.2, 0.25) is 5.02 Å². The van der Waals surface area contributed by atoms with E-state index in [1.807, 2.05) is 0 Å². The number of anilines is 1. The molecular formula is C15H21Cl2N3O2.